The average Bonchev–Trinajstić information content (AvgIpc) is 2.99. The number of carbonyl (C=O) groups excluding carboxylic acids is 2. The zero-order valence-corrected chi connectivity index (χ0v) is 18.9. The van der Waals surface area contributed by atoms with Crippen LogP contribution in [0.15, 0.2) is 29.4 Å². The Morgan fingerprint density at radius 2 is 2.00 bits per heavy atom. The maximum Gasteiger partial charge on any atom is 0.307 e. The van der Waals surface area contributed by atoms with E-state index in [1.54, 1.807) is 43.7 Å². The number of sulfonamides is 1. The monoisotopic (exact) mass is 476 g/mol. The van der Waals surface area contributed by atoms with Crippen molar-refractivity contribution in [2.75, 3.05) is 13.2 Å². The molecular weight excluding hydrogens is 455 g/mol. The normalized spacial score (nSPS) is 12.4. The van der Waals surface area contributed by atoms with Gasteiger partial charge in [0.2, 0.25) is 0 Å². The topological polar surface area (TPSA) is 119 Å². The highest BCUT2D eigenvalue weighted by atomic mass is 35.5. The molecule has 9 nitrogen and oxygen atoms in total. The van der Waals surface area contributed by atoms with E-state index in [-0.39, 0.29) is 18.0 Å². The largest absolute Gasteiger partial charge is 0.456 e. The van der Waals surface area contributed by atoms with Crippen molar-refractivity contribution in [2.45, 2.75) is 31.3 Å². The number of rotatable bonds is 9. The summed E-state index contributed by atoms with van der Waals surface area (Å²) in [7, 11) is -2.16. The lowest BCUT2D eigenvalue weighted by Crippen LogP contribution is -2.32. The van der Waals surface area contributed by atoms with Crippen LogP contribution >= 0.6 is 23.2 Å². The average molecular weight is 477 g/mol. The Kier molecular flexibility index (Phi) is 8.25. The number of hydrogen-bond donors (Lipinski definition) is 2. The van der Waals surface area contributed by atoms with Crippen LogP contribution in [0.1, 0.15) is 30.8 Å². The second-order valence-electron chi connectivity index (χ2n) is 6.50. The number of benzene rings is 1. The van der Waals surface area contributed by atoms with Gasteiger partial charge in [0.1, 0.15) is 5.82 Å². The third kappa shape index (κ3) is 6.69. The maximum atomic E-state index is 12.1. The number of nitrogens with zero attached hydrogens (tertiary/aromatic N) is 2. The van der Waals surface area contributed by atoms with Crippen LogP contribution in [0.25, 0.3) is 0 Å². The van der Waals surface area contributed by atoms with E-state index in [1.807, 2.05) is 0 Å². The Bertz CT molecular complexity index is 1020. The molecule has 2 N–H and O–H groups in total. The summed E-state index contributed by atoms with van der Waals surface area (Å²) in [4.78, 5) is 27.7. The molecule has 1 aromatic heterocycles. The lowest BCUT2D eigenvalue weighted by atomic mass is 10.1. The van der Waals surface area contributed by atoms with Crippen LogP contribution < -0.4 is 10.0 Å². The summed E-state index contributed by atoms with van der Waals surface area (Å²) >= 11 is 11.9. The highest BCUT2D eigenvalue weighted by Crippen LogP contribution is 2.25. The summed E-state index contributed by atoms with van der Waals surface area (Å²) in [5.74, 6) is -0.705. The second-order valence-corrected chi connectivity index (χ2v) is 9.06. The number of ether oxygens (including phenoxy) is 1. The minimum Gasteiger partial charge on any atom is -0.456 e. The molecule has 0 radical (unpaired) electrons. The minimum absolute atomic E-state index is 0.134. The van der Waals surface area contributed by atoms with E-state index < -0.39 is 34.5 Å². The Hall–Kier alpha value is -2.14. The van der Waals surface area contributed by atoms with Crippen molar-refractivity contribution >= 4 is 45.1 Å². The van der Waals surface area contributed by atoms with Crippen LogP contribution in [-0.2, 0) is 31.4 Å². The van der Waals surface area contributed by atoms with Gasteiger partial charge in [-0.15, -0.1) is 0 Å². The van der Waals surface area contributed by atoms with Gasteiger partial charge in [-0.25, -0.2) is 18.1 Å². The van der Waals surface area contributed by atoms with Crippen molar-refractivity contribution in [1.82, 2.24) is 19.6 Å². The Morgan fingerprint density at radius 1 is 1.30 bits per heavy atom. The Labute approximate surface area is 184 Å². The van der Waals surface area contributed by atoms with Gasteiger partial charge < -0.3 is 14.6 Å². The highest BCUT2D eigenvalue weighted by molar-refractivity contribution is 7.89. The number of aromatic nitrogens is 2. The van der Waals surface area contributed by atoms with Crippen LogP contribution in [-0.4, -0.2) is 43.0 Å². The fourth-order valence-electron chi connectivity index (χ4n) is 2.45. The summed E-state index contributed by atoms with van der Waals surface area (Å²) in [6.07, 6.45) is 1.13. The van der Waals surface area contributed by atoms with Crippen molar-refractivity contribution in [3.05, 3.63) is 45.8 Å². The summed E-state index contributed by atoms with van der Waals surface area (Å²) in [5, 5.41) is 3.40. The summed E-state index contributed by atoms with van der Waals surface area (Å²) in [5.41, 5.74) is 0.667. The van der Waals surface area contributed by atoms with Gasteiger partial charge >= 0.3 is 5.97 Å². The molecule has 0 spiro atoms. The molecule has 2 rings (SSSR count). The van der Waals surface area contributed by atoms with E-state index in [0.29, 0.717) is 21.4 Å². The molecule has 0 aliphatic heterocycles. The molecular formula is C18H22Cl2N4O5S. The molecule has 12 heteroatoms. The third-order valence-electron chi connectivity index (χ3n) is 4.15. The molecule has 1 unspecified atom stereocenters. The number of imidazole rings is 1. The molecule has 1 heterocycles. The van der Waals surface area contributed by atoms with Crippen LogP contribution in [0.3, 0.4) is 0 Å². The number of amides is 1. The zero-order chi connectivity index (χ0) is 22.5. The molecule has 0 aliphatic rings. The van der Waals surface area contributed by atoms with E-state index in [2.05, 4.69) is 15.0 Å². The van der Waals surface area contributed by atoms with Crippen LogP contribution in [0.2, 0.25) is 10.0 Å². The van der Waals surface area contributed by atoms with Crippen LogP contribution in [0.5, 0.6) is 0 Å². The molecule has 1 atom stereocenters. The second kappa shape index (κ2) is 10.3. The number of esters is 1. The van der Waals surface area contributed by atoms with Gasteiger partial charge in [0.25, 0.3) is 15.9 Å². The first kappa shape index (κ1) is 24.1. The van der Waals surface area contributed by atoms with Gasteiger partial charge in [-0.05, 0) is 31.5 Å². The molecule has 0 aliphatic carbocycles. The van der Waals surface area contributed by atoms with E-state index in [1.165, 1.54) is 6.20 Å². The molecule has 0 saturated carbocycles. The third-order valence-corrected chi connectivity index (χ3v) is 6.05. The number of hydrogen-bond acceptors (Lipinski definition) is 6. The molecule has 1 aromatic carbocycles. The first-order valence-electron chi connectivity index (χ1n) is 8.89. The molecule has 30 heavy (non-hydrogen) atoms. The van der Waals surface area contributed by atoms with Crippen LogP contribution in [0, 0.1) is 6.92 Å². The number of aryl methyl sites for hydroxylation is 2. The van der Waals surface area contributed by atoms with Crippen molar-refractivity contribution in [3.8, 4) is 0 Å². The first-order chi connectivity index (χ1) is 14.0. The molecule has 1 amide bonds. The fraction of sp³-hybridized carbons (Fsp3) is 0.389. The van der Waals surface area contributed by atoms with E-state index in [4.69, 9.17) is 27.9 Å². The van der Waals surface area contributed by atoms with Crippen molar-refractivity contribution < 1.29 is 22.7 Å². The summed E-state index contributed by atoms with van der Waals surface area (Å²) in [6.45, 7) is 2.71. The minimum atomic E-state index is -3.83. The quantitative estimate of drug-likeness (QED) is 0.534. The van der Waals surface area contributed by atoms with Gasteiger partial charge in [0, 0.05) is 29.8 Å². The smallest absolute Gasteiger partial charge is 0.307 e. The van der Waals surface area contributed by atoms with Crippen molar-refractivity contribution in [3.63, 3.8) is 0 Å². The molecule has 0 saturated heterocycles. The van der Waals surface area contributed by atoms with Gasteiger partial charge in [-0.1, -0.05) is 29.3 Å². The predicted molar refractivity (Wildman–Crippen MR) is 112 cm³/mol. The SMILES string of the molecule is Cc1nc(S(=O)(=O)NCCC(=O)OCC(=O)NC(C)c2ccc(Cl)cc2Cl)cn1C. The van der Waals surface area contributed by atoms with Gasteiger partial charge in [-0.3, -0.25) is 9.59 Å². The van der Waals surface area contributed by atoms with Gasteiger partial charge in [0.05, 0.1) is 12.5 Å². The maximum absolute atomic E-state index is 12.1. The van der Waals surface area contributed by atoms with Crippen molar-refractivity contribution in [2.24, 2.45) is 7.05 Å². The lowest BCUT2D eigenvalue weighted by Gasteiger charge is -2.16. The number of halogens is 2. The summed E-state index contributed by atoms with van der Waals surface area (Å²) < 4.78 is 33.0. The predicted octanol–water partition coefficient (Wildman–Crippen LogP) is 2.12. The van der Waals surface area contributed by atoms with E-state index >= 15 is 0 Å². The fourth-order valence-corrected chi connectivity index (χ4v) is 4.09. The zero-order valence-electron chi connectivity index (χ0n) is 16.6. The Morgan fingerprint density at radius 3 is 2.60 bits per heavy atom. The van der Waals surface area contributed by atoms with Gasteiger partial charge in [-0.2, -0.15) is 0 Å². The summed E-state index contributed by atoms with van der Waals surface area (Å²) in [6, 6.07) is 4.49. The standard InChI is InChI=1S/C18H22Cl2N4O5S/c1-11(14-5-4-13(19)8-15(14)20)22-16(25)10-29-18(26)6-7-21-30(27,28)17-9-24(3)12(2)23-17/h4-5,8-9,11,21H,6-7,10H2,1-3H3,(H,22,25). The first-order valence-corrected chi connectivity index (χ1v) is 11.1. The molecule has 164 valence electrons. The van der Waals surface area contributed by atoms with E-state index in [0.717, 1.165) is 0 Å². The molecule has 0 fully saturated rings. The highest BCUT2D eigenvalue weighted by Gasteiger charge is 2.19. The number of nitrogens with one attached hydrogen (secondary N) is 2. The Balaban J connectivity index is 1.75. The van der Waals surface area contributed by atoms with E-state index in [9.17, 15) is 18.0 Å². The number of carbonyl (C=O) groups is 2. The van der Waals surface area contributed by atoms with Gasteiger partial charge in [0.15, 0.2) is 11.6 Å². The molecule has 0 bridgehead atoms. The lowest BCUT2D eigenvalue weighted by molar-refractivity contribution is -0.148. The van der Waals surface area contributed by atoms with Crippen LogP contribution in [0.4, 0.5) is 0 Å². The molecule has 2 aromatic rings. The van der Waals surface area contributed by atoms with Crippen molar-refractivity contribution in [1.29, 1.82) is 0 Å².